The van der Waals surface area contributed by atoms with Gasteiger partial charge in [-0.1, -0.05) is 39.0 Å². The van der Waals surface area contributed by atoms with Crippen LogP contribution in [0.1, 0.15) is 33.4 Å². The van der Waals surface area contributed by atoms with E-state index in [-0.39, 0.29) is 23.0 Å². The smallest absolute Gasteiger partial charge is 0.296 e. The van der Waals surface area contributed by atoms with Crippen molar-refractivity contribution in [1.29, 1.82) is 0 Å². The minimum Gasteiger partial charge on any atom is -0.309 e. The molecule has 0 aliphatic carbocycles. The molecular formula is C25H24N8O7S2. The number of carbonyl (C=O) groups is 1. The first-order chi connectivity index (χ1) is 19.5. The van der Waals surface area contributed by atoms with Crippen molar-refractivity contribution in [2.75, 3.05) is 5.32 Å². The summed E-state index contributed by atoms with van der Waals surface area (Å²) in [5, 5.41) is 19.8. The second kappa shape index (κ2) is 10.9. The number of para-hydroxylation sites is 1. The van der Waals surface area contributed by atoms with Gasteiger partial charge in [0.2, 0.25) is 5.91 Å². The highest BCUT2D eigenvalue weighted by Crippen LogP contribution is 2.41. The molecule has 42 heavy (non-hydrogen) atoms. The third-order valence-electron chi connectivity index (χ3n) is 5.69. The van der Waals surface area contributed by atoms with Gasteiger partial charge >= 0.3 is 0 Å². The number of nitrogens with one attached hydrogen (secondary N) is 1. The predicted octanol–water partition coefficient (Wildman–Crippen LogP) is 4.77. The zero-order chi connectivity index (χ0) is 31.0. The molecule has 0 spiro atoms. The number of aromatic nitrogens is 4. The highest BCUT2D eigenvalue weighted by atomic mass is 32.2. The SMILES string of the molecule is [C-]#[N+]c1cnn(-c2cc(S(=O)(=O)O)ccc2S(=O)(=O)O)c1N=Nc1c(C(C)(C)C)nn(-c2ccccc2)c1NC(C)=O. The lowest BCUT2D eigenvalue weighted by atomic mass is 9.91. The molecule has 4 rings (SSSR count). The minimum absolute atomic E-state index is 0.118. The van der Waals surface area contributed by atoms with Crippen molar-refractivity contribution >= 4 is 49.2 Å². The third kappa shape index (κ3) is 6.11. The Morgan fingerprint density at radius 2 is 1.67 bits per heavy atom. The summed E-state index contributed by atoms with van der Waals surface area (Å²) in [6, 6.07) is 11.2. The molecule has 0 bridgehead atoms. The van der Waals surface area contributed by atoms with Crippen molar-refractivity contribution in [1.82, 2.24) is 19.6 Å². The molecule has 218 valence electrons. The molecule has 0 atom stereocenters. The van der Waals surface area contributed by atoms with E-state index in [0.29, 0.717) is 11.4 Å². The van der Waals surface area contributed by atoms with Crippen LogP contribution in [0.5, 0.6) is 0 Å². The van der Waals surface area contributed by atoms with Gasteiger partial charge in [0, 0.05) is 12.3 Å². The van der Waals surface area contributed by atoms with Crippen LogP contribution < -0.4 is 5.32 Å². The highest BCUT2D eigenvalue weighted by Gasteiger charge is 2.29. The largest absolute Gasteiger partial charge is 0.309 e. The number of anilines is 1. The summed E-state index contributed by atoms with van der Waals surface area (Å²) in [5.74, 6) is -0.621. The monoisotopic (exact) mass is 612 g/mol. The fourth-order valence-electron chi connectivity index (χ4n) is 3.87. The van der Waals surface area contributed by atoms with Crippen molar-refractivity contribution in [3.05, 3.63) is 71.8 Å². The Labute approximate surface area is 240 Å². The molecule has 1 amide bonds. The van der Waals surface area contributed by atoms with Crippen LogP contribution in [0.2, 0.25) is 0 Å². The summed E-state index contributed by atoms with van der Waals surface area (Å²) in [4.78, 5) is 14.0. The number of hydrogen-bond donors (Lipinski definition) is 3. The van der Waals surface area contributed by atoms with E-state index < -0.39 is 47.0 Å². The van der Waals surface area contributed by atoms with E-state index in [0.717, 1.165) is 29.1 Å². The molecule has 4 aromatic rings. The molecule has 3 N–H and O–H groups in total. The molecule has 0 radical (unpaired) electrons. The fraction of sp³-hybridized carbons (Fsp3) is 0.200. The second-order valence-corrected chi connectivity index (χ2v) is 12.7. The second-order valence-electron chi connectivity index (χ2n) is 9.88. The van der Waals surface area contributed by atoms with E-state index in [2.05, 4.69) is 30.6 Å². The van der Waals surface area contributed by atoms with E-state index in [9.17, 15) is 30.7 Å². The molecule has 0 saturated heterocycles. The Hall–Kier alpha value is -4.76. The summed E-state index contributed by atoms with van der Waals surface area (Å²) >= 11 is 0. The van der Waals surface area contributed by atoms with E-state index in [1.54, 1.807) is 30.3 Å². The van der Waals surface area contributed by atoms with Gasteiger partial charge in [0.25, 0.3) is 25.9 Å². The van der Waals surface area contributed by atoms with E-state index >= 15 is 0 Å². The number of nitrogens with zero attached hydrogens (tertiary/aromatic N) is 7. The number of carbonyl (C=O) groups excluding carboxylic acids is 1. The first-order valence-corrected chi connectivity index (χ1v) is 14.8. The summed E-state index contributed by atoms with van der Waals surface area (Å²) in [5.41, 5.74) is -0.263. The number of hydrogen-bond acceptors (Lipinski definition) is 9. The van der Waals surface area contributed by atoms with Crippen molar-refractivity contribution in [2.45, 2.75) is 42.9 Å². The number of azo groups is 1. The lowest BCUT2D eigenvalue weighted by Gasteiger charge is -2.15. The van der Waals surface area contributed by atoms with Crippen molar-refractivity contribution in [2.24, 2.45) is 10.2 Å². The quantitative estimate of drug-likeness (QED) is 0.149. The summed E-state index contributed by atoms with van der Waals surface area (Å²) in [7, 11) is -9.76. The molecule has 0 aliphatic rings. The van der Waals surface area contributed by atoms with Crippen molar-refractivity contribution in [3.63, 3.8) is 0 Å². The maximum atomic E-state index is 12.2. The first-order valence-electron chi connectivity index (χ1n) is 12.0. The molecule has 2 aromatic heterocycles. The molecule has 0 saturated carbocycles. The molecular weight excluding hydrogens is 588 g/mol. The lowest BCUT2D eigenvalue weighted by Crippen LogP contribution is -2.13. The minimum atomic E-state index is -4.95. The van der Waals surface area contributed by atoms with Gasteiger partial charge in [-0.05, 0) is 30.3 Å². The Balaban J connectivity index is 2.01. The van der Waals surface area contributed by atoms with E-state index in [1.165, 1.54) is 11.6 Å². The first kappa shape index (κ1) is 30.2. The van der Waals surface area contributed by atoms with Gasteiger partial charge in [0.05, 0.1) is 34.7 Å². The van der Waals surface area contributed by atoms with E-state index in [1.807, 2.05) is 20.8 Å². The molecule has 0 aliphatic heterocycles. The van der Waals surface area contributed by atoms with Crippen LogP contribution in [-0.4, -0.2) is 51.4 Å². The number of amides is 1. The standard InChI is InChI=1S/C25H24N8O7S2/c1-15(34)28-24-21(22(25(2,3)4)31-32(24)16-9-7-6-8-10-16)29-30-23-18(26-5)14-27-33(23)19-13-17(41(35,36)37)11-12-20(19)42(38,39)40/h6-14H,1-4H3,(H,28,34)(H,35,36,37)(H,38,39,40). The average molecular weight is 613 g/mol. The van der Waals surface area contributed by atoms with Gasteiger partial charge < -0.3 is 5.32 Å². The van der Waals surface area contributed by atoms with Crippen LogP contribution in [0.25, 0.3) is 16.2 Å². The molecule has 15 nitrogen and oxygen atoms in total. The van der Waals surface area contributed by atoms with Crippen LogP contribution in [0.3, 0.4) is 0 Å². The Morgan fingerprint density at radius 1 is 1.00 bits per heavy atom. The van der Waals surface area contributed by atoms with Gasteiger partial charge in [-0.3, -0.25) is 13.9 Å². The van der Waals surface area contributed by atoms with Gasteiger partial charge in [0.1, 0.15) is 4.90 Å². The summed E-state index contributed by atoms with van der Waals surface area (Å²) in [6.45, 7) is 14.4. The fourth-order valence-corrected chi connectivity index (χ4v) is 5.02. The van der Waals surface area contributed by atoms with Crippen LogP contribution in [-0.2, 0) is 30.4 Å². The van der Waals surface area contributed by atoms with Gasteiger partial charge in [-0.15, -0.1) is 10.2 Å². The zero-order valence-electron chi connectivity index (χ0n) is 22.6. The maximum absolute atomic E-state index is 12.2. The van der Waals surface area contributed by atoms with Crippen LogP contribution in [0, 0.1) is 6.57 Å². The molecule has 0 unspecified atom stereocenters. The molecule has 0 fully saturated rings. The normalized spacial score (nSPS) is 12.4. The van der Waals surface area contributed by atoms with E-state index in [4.69, 9.17) is 6.57 Å². The molecule has 2 heterocycles. The third-order valence-corrected chi connectivity index (χ3v) is 7.44. The Morgan fingerprint density at radius 3 is 2.21 bits per heavy atom. The average Bonchev–Trinajstić information content (AvgIpc) is 3.47. The zero-order valence-corrected chi connectivity index (χ0v) is 24.2. The van der Waals surface area contributed by atoms with Crippen LogP contribution >= 0.6 is 0 Å². The van der Waals surface area contributed by atoms with Crippen molar-refractivity contribution in [3.8, 4) is 11.4 Å². The Bertz CT molecular complexity index is 1980. The Kier molecular flexibility index (Phi) is 7.84. The van der Waals surface area contributed by atoms with Gasteiger partial charge in [-0.2, -0.15) is 27.0 Å². The molecule has 17 heteroatoms. The summed E-state index contributed by atoms with van der Waals surface area (Å²) in [6.07, 6.45) is 1.03. The highest BCUT2D eigenvalue weighted by molar-refractivity contribution is 7.86. The number of benzene rings is 2. The van der Waals surface area contributed by atoms with Crippen LogP contribution in [0.15, 0.2) is 74.7 Å². The van der Waals surface area contributed by atoms with Gasteiger partial charge in [0.15, 0.2) is 17.3 Å². The van der Waals surface area contributed by atoms with Crippen LogP contribution in [0.4, 0.5) is 23.0 Å². The lowest BCUT2D eigenvalue weighted by molar-refractivity contribution is -0.114. The number of rotatable bonds is 7. The van der Waals surface area contributed by atoms with Gasteiger partial charge in [-0.25, -0.2) is 14.2 Å². The van der Waals surface area contributed by atoms with Crippen molar-refractivity contribution < 1.29 is 30.7 Å². The predicted molar refractivity (Wildman–Crippen MR) is 150 cm³/mol. The topological polar surface area (TPSA) is 203 Å². The molecule has 2 aromatic carbocycles. The summed E-state index contributed by atoms with van der Waals surface area (Å²) < 4.78 is 69.4. The maximum Gasteiger partial charge on any atom is 0.296 e.